The van der Waals surface area contributed by atoms with E-state index in [1.54, 1.807) is 12.4 Å². The second-order valence-electron chi connectivity index (χ2n) is 8.30. The Kier molecular flexibility index (Phi) is 5.65. The van der Waals surface area contributed by atoms with E-state index in [1.807, 2.05) is 59.6 Å². The van der Waals surface area contributed by atoms with E-state index in [4.69, 9.17) is 4.98 Å². The third-order valence-corrected chi connectivity index (χ3v) is 6.19. The summed E-state index contributed by atoms with van der Waals surface area (Å²) >= 11 is 0. The average Bonchev–Trinajstić information content (AvgIpc) is 2.86. The van der Waals surface area contributed by atoms with Crippen molar-refractivity contribution < 1.29 is 4.79 Å². The van der Waals surface area contributed by atoms with Crippen LogP contribution in [0.5, 0.6) is 0 Å². The molecule has 0 aliphatic carbocycles. The Bertz CT molecular complexity index is 1230. The Morgan fingerprint density at radius 1 is 1.00 bits per heavy atom. The molecule has 3 heterocycles. The molecule has 160 valence electrons. The summed E-state index contributed by atoms with van der Waals surface area (Å²) in [6, 6.07) is 20.0. The summed E-state index contributed by atoms with van der Waals surface area (Å²) in [5, 5.41) is 5.60. The Labute approximate surface area is 188 Å². The number of piperidine rings is 1. The number of fused-ring (bicyclic) bond motifs is 1. The maximum Gasteiger partial charge on any atom is 0.259 e. The molecule has 1 saturated heterocycles. The van der Waals surface area contributed by atoms with E-state index in [0.717, 1.165) is 59.2 Å². The number of aromatic nitrogens is 2. The molecule has 1 N–H and O–H groups in total. The van der Waals surface area contributed by atoms with E-state index < -0.39 is 0 Å². The monoisotopic (exact) mass is 422 g/mol. The van der Waals surface area contributed by atoms with Crippen LogP contribution >= 0.6 is 0 Å². The van der Waals surface area contributed by atoms with Gasteiger partial charge in [-0.3, -0.25) is 14.7 Å². The molecule has 5 rings (SSSR count). The first kappa shape index (κ1) is 20.3. The highest BCUT2D eigenvalue weighted by molar-refractivity contribution is 6.11. The van der Waals surface area contributed by atoms with Gasteiger partial charge in [0.2, 0.25) is 0 Å². The van der Waals surface area contributed by atoms with Gasteiger partial charge in [-0.25, -0.2) is 4.98 Å². The smallest absolute Gasteiger partial charge is 0.259 e. The molecule has 0 spiro atoms. The van der Waals surface area contributed by atoms with Gasteiger partial charge in [0.25, 0.3) is 5.91 Å². The van der Waals surface area contributed by atoms with Crippen LogP contribution in [0.1, 0.15) is 28.8 Å². The van der Waals surface area contributed by atoms with Crippen LogP contribution in [-0.4, -0.2) is 35.0 Å². The molecular weight excluding hydrogens is 396 g/mol. The number of benzene rings is 2. The summed E-state index contributed by atoms with van der Waals surface area (Å²) in [5.41, 5.74) is 3.86. The van der Waals surface area contributed by atoms with Gasteiger partial charge in [0.1, 0.15) is 5.82 Å². The lowest BCUT2D eigenvalue weighted by molar-refractivity contribution is 0.0972. The highest BCUT2D eigenvalue weighted by atomic mass is 16.2. The van der Waals surface area contributed by atoms with Crippen LogP contribution in [0.25, 0.3) is 21.9 Å². The summed E-state index contributed by atoms with van der Waals surface area (Å²) in [7, 11) is 0. The normalized spacial score (nSPS) is 16.1. The van der Waals surface area contributed by atoms with Crippen molar-refractivity contribution in [2.75, 3.05) is 18.0 Å². The number of carbonyl (C=O) groups is 1. The first-order valence-corrected chi connectivity index (χ1v) is 11.1. The van der Waals surface area contributed by atoms with Gasteiger partial charge in [-0.1, -0.05) is 36.4 Å². The van der Waals surface area contributed by atoms with E-state index in [-0.39, 0.29) is 11.9 Å². The number of hydrogen-bond donors (Lipinski definition) is 1. The number of rotatable bonds is 4. The molecule has 0 unspecified atom stereocenters. The Hall–Kier alpha value is -3.57. The minimum Gasteiger partial charge on any atom is -0.315 e. The van der Waals surface area contributed by atoms with Crippen molar-refractivity contribution in [3.63, 3.8) is 0 Å². The summed E-state index contributed by atoms with van der Waals surface area (Å²) in [6.45, 7) is 3.84. The van der Waals surface area contributed by atoms with Gasteiger partial charge in [0.05, 0.1) is 6.04 Å². The van der Waals surface area contributed by atoms with Crippen molar-refractivity contribution in [1.29, 1.82) is 0 Å². The average molecular weight is 423 g/mol. The number of pyridine rings is 2. The molecule has 0 bridgehead atoms. The zero-order chi connectivity index (χ0) is 21.9. The maximum atomic E-state index is 13.9. The minimum absolute atomic E-state index is 0.0142. The van der Waals surface area contributed by atoms with Crippen LogP contribution in [0.15, 0.2) is 79.3 Å². The van der Waals surface area contributed by atoms with Crippen molar-refractivity contribution in [2.24, 2.45) is 0 Å². The molecule has 4 aromatic rings. The lowest BCUT2D eigenvalue weighted by Gasteiger charge is -2.35. The van der Waals surface area contributed by atoms with E-state index in [0.29, 0.717) is 5.56 Å². The quantitative estimate of drug-likeness (QED) is 0.503. The minimum atomic E-state index is -0.0142. The first-order chi connectivity index (χ1) is 15.7. The molecule has 0 saturated carbocycles. The van der Waals surface area contributed by atoms with Crippen molar-refractivity contribution in [1.82, 2.24) is 15.3 Å². The fourth-order valence-electron chi connectivity index (χ4n) is 4.54. The zero-order valence-electron chi connectivity index (χ0n) is 18.2. The van der Waals surface area contributed by atoms with Crippen molar-refractivity contribution >= 4 is 22.5 Å². The molecule has 5 heteroatoms. The van der Waals surface area contributed by atoms with Gasteiger partial charge in [-0.05, 0) is 72.7 Å². The van der Waals surface area contributed by atoms with Crippen LogP contribution in [0, 0.1) is 6.92 Å². The van der Waals surface area contributed by atoms with Crippen molar-refractivity contribution in [3.8, 4) is 11.1 Å². The fourth-order valence-corrected chi connectivity index (χ4v) is 4.54. The van der Waals surface area contributed by atoms with Crippen LogP contribution in [0.3, 0.4) is 0 Å². The molecule has 0 radical (unpaired) electrons. The van der Waals surface area contributed by atoms with Crippen LogP contribution < -0.4 is 10.2 Å². The largest absolute Gasteiger partial charge is 0.315 e. The van der Waals surface area contributed by atoms with Crippen LogP contribution in [0.4, 0.5) is 5.82 Å². The van der Waals surface area contributed by atoms with E-state index in [9.17, 15) is 4.79 Å². The number of aryl methyl sites for hydroxylation is 1. The highest BCUT2D eigenvalue weighted by Gasteiger charge is 2.30. The van der Waals surface area contributed by atoms with Crippen molar-refractivity contribution in [2.45, 2.75) is 25.8 Å². The fraction of sp³-hybridized carbons (Fsp3) is 0.222. The van der Waals surface area contributed by atoms with Gasteiger partial charge in [0, 0.05) is 36.1 Å². The van der Waals surface area contributed by atoms with Crippen LogP contribution in [0.2, 0.25) is 0 Å². The topological polar surface area (TPSA) is 58.1 Å². The third-order valence-electron chi connectivity index (χ3n) is 6.19. The van der Waals surface area contributed by atoms with Gasteiger partial charge < -0.3 is 5.32 Å². The van der Waals surface area contributed by atoms with E-state index in [2.05, 4.69) is 29.4 Å². The summed E-state index contributed by atoms with van der Waals surface area (Å²) in [4.78, 5) is 24.7. The predicted octanol–water partition coefficient (Wildman–Crippen LogP) is 5.00. The predicted molar refractivity (Wildman–Crippen MR) is 129 cm³/mol. The third kappa shape index (κ3) is 3.87. The number of hydrogen-bond acceptors (Lipinski definition) is 4. The molecule has 1 aliphatic rings. The van der Waals surface area contributed by atoms with E-state index >= 15 is 0 Å². The van der Waals surface area contributed by atoms with Gasteiger partial charge in [0.15, 0.2) is 0 Å². The summed E-state index contributed by atoms with van der Waals surface area (Å²) in [6.07, 6.45) is 7.39. The van der Waals surface area contributed by atoms with Crippen molar-refractivity contribution in [3.05, 3.63) is 90.4 Å². The van der Waals surface area contributed by atoms with E-state index in [1.165, 1.54) is 0 Å². The molecule has 1 aliphatic heterocycles. The number of nitrogens with zero attached hydrogens (tertiary/aromatic N) is 3. The molecule has 2 aromatic heterocycles. The molecule has 32 heavy (non-hydrogen) atoms. The Morgan fingerprint density at radius 2 is 1.88 bits per heavy atom. The molecule has 5 nitrogen and oxygen atoms in total. The Morgan fingerprint density at radius 3 is 2.62 bits per heavy atom. The molecular formula is C27H26N4O. The second-order valence-corrected chi connectivity index (χ2v) is 8.30. The summed E-state index contributed by atoms with van der Waals surface area (Å²) < 4.78 is 0. The number of nitrogens with one attached hydrogen (secondary N) is 1. The Balaban J connectivity index is 1.57. The van der Waals surface area contributed by atoms with Gasteiger partial charge in [-0.15, -0.1) is 0 Å². The SMILES string of the molecule is Cc1cccc2ccnc(N(C(=O)c3ccc(-c4cccnc4)cc3)[C@@H]3CCCNC3)c12. The second kappa shape index (κ2) is 8.89. The summed E-state index contributed by atoms with van der Waals surface area (Å²) in [5.74, 6) is 0.732. The first-order valence-electron chi connectivity index (χ1n) is 11.1. The molecule has 1 atom stereocenters. The maximum absolute atomic E-state index is 13.9. The standard InChI is InChI=1S/C27H26N4O/c1-19-5-2-6-21-13-16-30-26(25(19)21)31(24-8-4-15-29-18-24)27(32)22-11-9-20(10-12-22)23-7-3-14-28-17-23/h2-3,5-7,9-14,16-17,24,29H,4,8,15,18H2,1H3/t24-/m1/s1. The molecule has 1 amide bonds. The number of amides is 1. The van der Waals surface area contributed by atoms with Gasteiger partial charge in [-0.2, -0.15) is 0 Å². The van der Waals surface area contributed by atoms with Crippen LogP contribution in [-0.2, 0) is 0 Å². The molecule has 2 aromatic carbocycles. The highest BCUT2D eigenvalue weighted by Crippen LogP contribution is 2.31. The molecule has 1 fully saturated rings. The number of carbonyl (C=O) groups excluding carboxylic acids is 1. The van der Waals surface area contributed by atoms with Gasteiger partial charge >= 0.3 is 0 Å². The zero-order valence-corrected chi connectivity index (χ0v) is 18.2. The lowest BCUT2D eigenvalue weighted by Crippen LogP contribution is -2.49. The number of anilines is 1. The lowest BCUT2D eigenvalue weighted by atomic mass is 10.0.